The Balaban J connectivity index is 2.08. The summed E-state index contributed by atoms with van der Waals surface area (Å²) < 4.78 is 0. The molecule has 2 rings (SSSR count). The predicted octanol–water partition coefficient (Wildman–Crippen LogP) is 0.700. The molecular weight excluding hydrogens is 254 g/mol. The SMILES string of the molecule is CC(C(=O)N1CC(=O)N(C(C)C)C(C)(C)C1)C1CNC1. The molecule has 2 aliphatic heterocycles. The fraction of sp³-hybridized carbons (Fsp3) is 0.867. The highest BCUT2D eigenvalue weighted by molar-refractivity contribution is 5.88. The second-order valence-corrected chi connectivity index (χ2v) is 7.07. The van der Waals surface area contributed by atoms with Crippen LogP contribution in [0.4, 0.5) is 0 Å². The first kappa shape index (κ1) is 15.3. The number of hydrogen-bond donors (Lipinski definition) is 1. The van der Waals surface area contributed by atoms with Gasteiger partial charge in [-0.25, -0.2) is 0 Å². The number of carbonyl (C=O) groups is 2. The fourth-order valence-corrected chi connectivity index (χ4v) is 3.47. The lowest BCUT2D eigenvalue weighted by Crippen LogP contribution is -2.66. The third kappa shape index (κ3) is 2.68. The van der Waals surface area contributed by atoms with Crippen LogP contribution in [-0.2, 0) is 9.59 Å². The average Bonchev–Trinajstić information content (AvgIpc) is 2.22. The van der Waals surface area contributed by atoms with E-state index in [1.165, 1.54) is 0 Å². The summed E-state index contributed by atoms with van der Waals surface area (Å²) >= 11 is 0. The maximum absolute atomic E-state index is 12.6. The van der Waals surface area contributed by atoms with Gasteiger partial charge in [0.2, 0.25) is 11.8 Å². The molecule has 1 N–H and O–H groups in total. The van der Waals surface area contributed by atoms with E-state index in [1.54, 1.807) is 4.90 Å². The summed E-state index contributed by atoms with van der Waals surface area (Å²) in [5.41, 5.74) is -0.295. The summed E-state index contributed by atoms with van der Waals surface area (Å²) in [6, 6.07) is 0.169. The normalized spacial score (nSPS) is 24.8. The number of nitrogens with one attached hydrogen (secondary N) is 1. The first-order valence-electron chi connectivity index (χ1n) is 7.55. The molecule has 1 unspecified atom stereocenters. The molecule has 2 heterocycles. The number of carbonyl (C=O) groups excluding carboxylic acids is 2. The van der Waals surface area contributed by atoms with E-state index in [2.05, 4.69) is 5.32 Å². The van der Waals surface area contributed by atoms with Crippen molar-refractivity contribution in [2.45, 2.75) is 46.2 Å². The summed E-state index contributed by atoms with van der Waals surface area (Å²) in [6.45, 7) is 12.8. The van der Waals surface area contributed by atoms with Gasteiger partial charge in [0.25, 0.3) is 0 Å². The van der Waals surface area contributed by atoms with Crippen molar-refractivity contribution >= 4 is 11.8 Å². The largest absolute Gasteiger partial charge is 0.332 e. The van der Waals surface area contributed by atoms with Crippen molar-refractivity contribution in [3.05, 3.63) is 0 Å². The monoisotopic (exact) mass is 281 g/mol. The van der Waals surface area contributed by atoms with Crippen molar-refractivity contribution in [2.24, 2.45) is 11.8 Å². The van der Waals surface area contributed by atoms with Crippen LogP contribution in [-0.4, -0.2) is 59.4 Å². The zero-order chi connectivity index (χ0) is 15.1. The number of piperazine rings is 1. The second-order valence-electron chi connectivity index (χ2n) is 7.07. The highest BCUT2D eigenvalue weighted by Gasteiger charge is 2.43. The van der Waals surface area contributed by atoms with Crippen LogP contribution < -0.4 is 5.32 Å². The summed E-state index contributed by atoms with van der Waals surface area (Å²) in [5.74, 6) is 0.610. The molecular formula is C15H27N3O2. The molecule has 20 heavy (non-hydrogen) atoms. The lowest BCUT2D eigenvalue weighted by atomic mass is 9.87. The molecule has 2 fully saturated rings. The number of hydrogen-bond acceptors (Lipinski definition) is 3. The van der Waals surface area contributed by atoms with Gasteiger partial charge in [0, 0.05) is 18.5 Å². The van der Waals surface area contributed by atoms with E-state index in [4.69, 9.17) is 0 Å². The van der Waals surface area contributed by atoms with E-state index in [1.807, 2.05) is 39.5 Å². The van der Waals surface area contributed by atoms with E-state index in [-0.39, 0.29) is 35.9 Å². The minimum absolute atomic E-state index is 0.00505. The Hall–Kier alpha value is -1.10. The minimum Gasteiger partial charge on any atom is -0.332 e. The van der Waals surface area contributed by atoms with Gasteiger partial charge in [-0.2, -0.15) is 0 Å². The van der Waals surface area contributed by atoms with Crippen molar-refractivity contribution < 1.29 is 9.59 Å². The van der Waals surface area contributed by atoms with Crippen LogP contribution in [0.3, 0.4) is 0 Å². The second kappa shape index (κ2) is 5.35. The quantitative estimate of drug-likeness (QED) is 0.828. The lowest BCUT2D eigenvalue weighted by molar-refractivity contribution is -0.158. The van der Waals surface area contributed by atoms with Crippen LogP contribution in [0.2, 0.25) is 0 Å². The summed E-state index contributed by atoms with van der Waals surface area (Å²) in [6.07, 6.45) is 0. The maximum atomic E-state index is 12.6. The number of rotatable bonds is 3. The molecule has 2 amide bonds. The molecule has 2 aliphatic rings. The van der Waals surface area contributed by atoms with E-state index in [0.717, 1.165) is 13.1 Å². The van der Waals surface area contributed by atoms with E-state index in [9.17, 15) is 9.59 Å². The van der Waals surface area contributed by atoms with Crippen LogP contribution in [0.25, 0.3) is 0 Å². The van der Waals surface area contributed by atoms with Crippen molar-refractivity contribution in [3.63, 3.8) is 0 Å². The van der Waals surface area contributed by atoms with Gasteiger partial charge in [-0.3, -0.25) is 9.59 Å². The molecule has 114 valence electrons. The van der Waals surface area contributed by atoms with Crippen LogP contribution in [0, 0.1) is 11.8 Å². The summed E-state index contributed by atoms with van der Waals surface area (Å²) in [4.78, 5) is 28.6. The van der Waals surface area contributed by atoms with Crippen LogP contribution >= 0.6 is 0 Å². The fourth-order valence-electron chi connectivity index (χ4n) is 3.47. The zero-order valence-corrected chi connectivity index (χ0v) is 13.3. The van der Waals surface area contributed by atoms with Crippen molar-refractivity contribution in [1.29, 1.82) is 0 Å². The summed E-state index contributed by atoms with van der Waals surface area (Å²) in [5, 5.41) is 3.20. The van der Waals surface area contributed by atoms with E-state index >= 15 is 0 Å². The third-order valence-corrected chi connectivity index (χ3v) is 4.56. The van der Waals surface area contributed by atoms with E-state index in [0.29, 0.717) is 12.5 Å². The minimum atomic E-state index is -0.295. The van der Waals surface area contributed by atoms with Gasteiger partial charge in [-0.05, 0) is 46.7 Å². The van der Waals surface area contributed by atoms with Crippen LogP contribution in [0.1, 0.15) is 34.6 Å². The molecule has 0 radical (unpaired) electrons. The molecule has 0 aromatic carbocycles. The van der Waals surface area contributed by atoms with Crippen molar-refractivity contribution in [1.82, 2.24) is 15.1 Å². The van der Waals surface area contributed by atoms with Gasteiger partial charge in [-0.1, -0.05) is 6.92 Å². The van der Waals surface area contributed by atoms with Gasteiger partial charge in [0.05, 0.1) is 12.1 Å². The standard InChI is InChI=1S/C15H27N3O2/c1-10(2)18-13(19)8-17(9-15(18,4)5)14(20)11(3)12-6-16-7-12/h10-12,16H,6-9H2,1-5H3. The van der Waals surface area contributed by atoms with Gasteiger partial charge in [-0.15, -0.1) is 0 Å². The lowest BCUT2D eigenvalue weighted by Gasteiger charge is -2.49. The highest BCUT2D eigenvalue weighted by Crippen LogP contribution is 2.27. The molecule has 5 nitrogen and oxygen atoms in total. The number of amides is 2. The Labute approximate surface area is 121 Å². The van der Waals surface area contributed by atoms with Gasteiger partial charge < -0.3 is 15.1 Å². The van der Waals surface area contributed by atoms with Crippen LogP contribution in [0.5, 0.6) is 0 Å². The Morgan fingerprint density at radius 3 is 2.30 bits per heavy atom. The molecule has 0 bridgehead atoms. The van der Waals surface area contributed by atoms with Crippen molar-refractivity contribution in [3.8, 4) is 0 Å². The van der Waals surface area contributed by atoms with Gasteiger partial charge in [0.1, 0.15) is 0 Å². The molecule has 0 aliphatic carbocycles. The first-order valence-corrected chi connectivity index (χ1v) is 7.55. The van der Waals surface area contributed by atoms with E-state index < -0.39 is 0 Å². The molecule has 0 spiro atoms. The topological polar surface area (TPSA) is 52.7 Å². The third-order valence-electron chi connectivity index (χ3n) is 4.56. The Morgan fingerprint density at radius 1 is 1.30 bits per heavy atom. The maximum Gasteiger partial charge on any atom is 0.242 e. The molecule has 1 atom stereocenters. The highest BCUT2D eigenvalue weighted by atomic mass is 16.2. The molecule has 0 saturated carbocycles. The number of nitrogens with zero attached hydrogens (tertiary/aromatic N) is 2. The molecule has 2 saturated heterocycles. The summed E-state index contributed by atoms with van der Waals surface area (Å²) in [7, 11) is 0. The van der Waals surface area contributed by atoms with Gasteiger partial charge in [0.15, 0.2) is 0 Å². The molecule has 0 aromatic heterocycles. The molecule has 5 heteroatoms. The average molecular weight is 281 g/mol. The predicted molar refractivity (Wildman–Crippen MR) is 78.2 cm³/mol. The Kier molecular flexibility index (Phi) is 4.09. The first-order chi connectivity index (χ1) is 9.24. The smallest absolute Gasteiger partial charge is 0.242 e. The van der Waals surface area contributed by atoms with Gasteiger partial charge >= 0.3 is 0 Å². The van der Waals surface area contributed by atoms with Crippen LogP contribution in [0.15, 0.2) is 0 Å². The zero-order valence-electron chi connectivity index (χ0n) is 13.3. The van der Waals surface area contributed by atoms with Crippen molar-refractivity contribution in [2.75, 3.05) is 26.2 Å². The molecule has 0 aromatic rings. The Bertz CT molecular complexity index is 402. The Morgan fingerprint density at radius 2 is 1.90 bits per heavy atom.